The molecule has 1 aromatic rings. The number of hydrogen-bond acceptors (Lipinski definition) is 1. The van der Waals surface area contributed by atoms with Gasteiger partial charge in [-0.1, -0.05) is 29.3 Å². The summed E-state index contributed by atoms with van der Waals surface area (Å²) in [5, 5.41) is 3.00. The van der Waals surface area contributed by atoms with Gasteiger partial charge in [-0.2, -0.15) is 13.2 Å². The van der Waals surface area contributed by atoms with Crippen molar-refractivity contribution in [3.63, 3.8) is 0 Å². The summed E-state index contributed by atoms with van der Waals surface area (Å²) in [6.45, 7) is 2.89. The fourth-order valence-electron chi connectivity index (χ4n) is 1.39. The molecule has 1 N–H and O–H groups in total. The first-order valence-corrected chi connectivity index (χ1v) is 6.30. The van der Waals surface area contributed by atoms with Crippen molar-refractivity contribution in [3.05, 3.63) is 46.0 Å². The molecule has 0 saturated carbocycles. The van der Waals surface area contributed by atoms with Gasteiger partial charge in [0.15, 0.2) is 0 Å². The fourth-order valence-corrected chi connectivity index (χ4v) is 1.92. The summed E-state index contributed by atoms with van der Waals surface area (Å²) in [6.07, 6.45) is -3.48. The molecule has 2 nitrogen and oxygen atoms in total. The second-order valence-electron chi connectivity index (χ2n) is 4.71. The molecule has 1 aromatic carbocycles. The SMILES string of the molecule is CC(C)(/C=C/C(F)(F)F)NC(=O)c1cc(Cl)cc(Cl)c1. The zero-order valence-corrected chi connectivity index (χ0v) is 12.2. The lowest BCUT2D eigenvalue weighted by atomic mass is 10.0. The van der Waals surface area contributed by atoms with E-state index in [4.69, 9.17) is 23.2 Å². The molecule has 0 radical (unpaired) electrons. The number of halogens is 5. The third-order valence-corrected chi connectivity index (χ3v) is 2.69. The molecular formula is C13H12Cl2F3NO. The van der Waals surface area contributed by atoms with E-state index in [-0.39, 0.29) is 21.7 Å². The summed E-state index contributed by atoms with van der Waals surface area (Å²) in [4.78, 5) is 11.9. The first-order valence-electron chi connectivity index (χ1n) is 5.54. The topological polar surface area (TPSA) is 29.1 Å². The van der Waals surface area contributed by atoms with Crippen LogP contribution in [0.4, 0.5) is 13.2 Å². The molecule has 7 heteroatoms. The number of benzene rings is 1. The smallest absolute Gasteiger partial charge is 0.344 e. The van der Waals surface area contributed by atoms with Crippen molar-refractivity contribution < 1.29 is 18.0 Å². The molecule has 1 rings (SSSR count). The molecule has 0 unspecified atom stereocenters. The maximum absolute atomic E-state index is 12.1. The van der Waals surface area contributed by atoms with Gasteiger partial charge in [0.1, 0.15) is 0 Å². The van der Waals surface area contributed by atoms with Gasteiger partial charge in [0, 0.05) is 21.7 Å². The van der Waals surface area contributed by atoms with E-state index in [0.717, 1.165) is 6.08 Å². The largest absolute Gasteiger partial charge is 0.409 e. The van der Waals surface area contributed by atoms with E-state index in [2.05, 4.69) is 5.32 Å². The lowest BCUT2D eigenvalue weighted by Gasteiger charge is -2.22. The number of hydrogen-bond donors (Lipinski definition) is 1. The van der Waals surface area contributed by atoms with Crippen LogP contribution in [0.1, 0.15) is 24.2 Å². The van der Waals surface area contributed by atoms with Crippen molar-refractivity contribution in [3.8, 4) is 0 Å². The second-order valence-corrected chi connectivity index (χ2v) is 5.58. The number of nitrogens with one attached hydrogen (secondary N) is 1. The number of carbonyl (C=O) groups excluding carboxylic acids is 1. The van der Waals surface area contributed by atoms with E-state index in [1.165, 1.54) is 32.0 Å². The Balaban J connectivity index is 2.86. The van der Waals surface area contributed by atoms with Crippen LogP contribution in [-0.4, -0.2) is 17.6 Å². The molecule has 0 spiro atoms. The Morgan fingerprint density at radius 2 is 1.60 bits per heavy atom. The van der Waals surface area contributed by atoms with Crippen molar-refractivity contribution >= 4 is 29.1 Å². The lowest BCUT2D eigenvalue weighted by Crippen LogP contribution is -2.42. The molecule has 0 aliphatic heterocycles. The average Bonchev–Trinajstić information content (AvgIpc) is 2.24. The van der Waals surface area contributed by atoms with Crippen molar-refractivity contribution in [1.82, 2.24) is 5.32 Å². The standard InChI is InChI=1S/C13H12Cl2F3NO/c1-12(2,3-4-13(16,17)18)19-11(20)8-5-9(14)7-10(15)6-8/h3-7H,1-2H3,(H,19,20)/b4-3+. The number of alkyl halides is 3. The predicted molar refractivity (Wildman–Crippen MR) is 73.2 cm³/mol. The molecule has 0 aliphatic rings. The maximum Gasteiger partial charge on any atom is 0.409 e. The number of allylic oxidation sites excluding steroid dienone is 1. The molecule has 0 atom stereocenters. The number of rotatable bonds is 3. The Bertz CT molecular complexity index is 519. The van der Waals surface area contributed by atoms with Gasteiger partial charge < -0.3 is 5.32 Å². The molecule has 0 aromatic heterocycles. The summed E-state index contributed by atoms with van der Waals surface area (Å²) in [6, 6.07) is 4.22. The van der Waals surface area contributed by atoms with Gasteiger partial charge in [-0.25, -0.2) is 0 Å². The molecule has 0 fully saturated rings. The van der Waals surface area contributed by atoms with Gasteiger partial charge in [0.05, 0.1) is 5.54 Å². The number of amides is 1. The third kappa shape index (κ3) is 5.84. The van der Waals surface area contributed by atoms with Gasteiger partial charge in [-0.3, -0.25) is 4.79 Å². The van der Waals surface area contributed by atoms with Crippen LogP contribution in [0.2, 0.25) is 10.0 Å². The summed E-state index contributed by atoms with van der Waals surface area (Å²) in [7, 11) is 0. The molecule has 0 aliphatic carbocycles. The molecular weight excluding hydrogens is 314 g/mol. The van der Waals surface area contributed by atoms with E-state index in [1.807, 2.05) is 0 Å². The van der Waals surface area contributed by atoms with Crippen molar-refractivity contribution in [2.45, 2.75) is 25.6 Å². The molecule has 110 valence electrons. The quantitative estimate of drug-likeness (QED) is 0.807. The molecule has 0 heterocycles. The first kappa shape index (κ1) is 16.9. The lowest BCUT2D eigenvalue weighted by molar-refractivity contribution is -0.0803. The van der Waals surface area contributed by atoms with Crippen LogP contribution < -0.4 is 5.32 Å². The Labute approximate surface area is 124 Å². The highest BCUT2D eigenvalue weighted by molar-refractivity contribution is 6.35. The van der Waals surface area contributed by atoms with Crippen LogP contribution >= 0.6 is 23.2 Å². The van der Waals surface area contributed by atoms with Gasteiger partial charge in [0.2, 0.25) is 0 Å². The summed E-state index contributed by atoms with van der Waals surface area (Å²) in [5.41, 5.74) is -0.988. The van der Waals surface area contributed by atoms with Gasteiger partial charge in [-0.05, 0) is 32.0 Å². The minimum atomic E-state index is -4.43. The normalized spacial score (nSPS) is 12.8. The van der Waals surface area contributed by atoms with E-state index in [1.54, 1.807) is 0 Å². The van der Waals surface area contributed by atoms with Gasteiger partial charge >= 0.3 is 6.18 Å². The second kappa shape index (κ2) is 6.06. The van der Waals surface area contributed by atoms with Crippen LogP contribution in [0.5, 0.6) is 0 Å². The molecule has 0 bridgehead atoms. The minimum absolute atomic E-state index is 0.0816. The van der Waals surface area contributed by atoms with Crippen molar-refractivity contribution in [2.75, 3.05) is 0 Å². The van der Waals surface area contributed by atoms with E-state index in [9.17, 15) is 18.0 Å². The van der Waals surface area contributed by atoms with Crippen LogP contribution in [0.3, 0.4) is 0 Å². The van der Waals surface area contributed by atoms with Gasteiger partial charge in [-0.15, -0.1) is 0 Å². The highest BCUT2D eigenvalue weighted by Gasteiger charge is 2.26. The number of carbonyl (C=O) groups is 1. The predicted octanol–water partition coefficient (Wildman–Crippen LogP) is 4.62. The molecule has 20 heavy (non-hydrogen) atoms. The highest BCUT2D eigenvalue weighted by Crippen LogP contribution is 2.21. The summed E-state index contributed by atoms with van der Waals surface area (Å²) < 4.78 is 36.4. The molecule has 1 amide bonds. The van der Waals surface area contributed by atoms with Crippen LogP contribution in [0.15, 0.2) is 30.4 Å². The van der Waals surface area contributed by atoms with Crippen LogP contribution in [-0.2, 0) is 0 Å². The average molecular weight is 326 g/mol. The summed E-state index contributed by atoms with van der Waals surface area (Å²) in [5.74, 6) is -0.564. The van der Waals surface area contributed by atoms with Crippen LogP contribution in [0, 0.1) is 0 Å². The first-order chi connectivity index (χ1) is 8.98. The Hall–Kier alpha value is -1.20. The van der Waals surface area contributed by atoms with Gasteiger partial charge in [0.25, 0.3) is 5.91 Å². The highest BCUT2D eigenvalue weighted by atomic mass is 35.5. The van der Waals surface area contributed by atoms with Crippen molar-refractivity contribution in [2.24, 2.45) is 0 Å². The van der Waals surface area contributed by atoms with E-state index >= 15 is 0 Å². The van der Waals surface area contributed by atoms with E-state index in [0.29, 0.717) is 0 Å². The third-order valence-electron chi connectivity index (χ3n) is 2.25. The van der Waals surface area contributed by atoms with Crippen molar-refractivity contribution in [1.29, 1.82) is 0 Å². The van der Waals surface area contributed by atoms with E-state index < -0.39 is 17.6 Å². The van der Waals surface area contributed by atoms with Crippen LogP contribution in [0.25, 0.3) is 0 Å². The summed E-state index contributed by atoms with van der Waals surface area (Å²) >= 11 is 11.5. The minimum Gasteiger partial charge on any atom is -0.344 e. The Kier molecular flexibility index (Phi) is 5.10. The Morgan fingerprint density at radius 1 is 1.10 bits per heavy atom. The molecule has 0 saturated heterocycles. The Morgan fingerprint density at radius 3 is 2.05 bits per heavy atom. The zero-order valence-electron chi connectivity index (χ0n) is 10.7. The zero-order chi connectivity index (χ0) is 15.6. The monoisotopic (exact) mass is 325 g/mol. The fraction of sp³-hybridized carbons (Fsp3) is 0.308. The maximum atomic E-state index is 12.1.